The van der Waals surface area contributed by atoms with Gasteiger partial charge in [-0.1, -0.05) is 6.07 Å². The Morgan fingerprint density at radius 3 is 2.55 bits per heavy atom. The number of alkyl halides is 3. The zero-order valence-corrected chi connectivity index (χ0v) is 12.6. The maximum atomic E-state index is 13.2. The fraction of sp³-hybridized carbons (Fsp3) is 0.571. The number of rotatable bonds is 1. The van der Waals surface area contributed by atoms with E-state index in [-0.39, 0.29) is 12.4 Å². The third-order valence-corrected chi connectivity index (χ3v) is 3.35. The van der Waals surface area contributed by atoms with E-state index >= 15 is 0 Å². The molecule has 2 heterocycles. The lowest BCUT2D eigenvalue weighted by atomic mass is 9.97. The van der Waals surface area contributed by atoms with E-state index in [2.05, 4.69) is 10.3 Å². The van der Waals surface area contributed by atoms with Crippen molar-refractivity contribution in [1.29, 1.82) is 0 Å². The van der Waals surface area contributed by atoms with Crippen molar-refractivity contribution in [2.24, 2.45) is 0 Å². The van der Waals surface area contributed by atoms with E-state index in [0.717, 1.165) is 11.8 Å². The first-order valence-corrected chi connectivity index (χ1v) is 6.76. The standard InChI is InChI=1S/C14H18F3N3O2/c1-12(2)8-20(9-13(3,22-12)14(15,16)17)11(21)19-10-6-4-5-7-18-10/h4-7H,8-9H2,1-3H3,(H,18,19,21). The molecule has 0 bridgehead atoms. The Hall–Kier alpha value is -1.83. The van der Waals surface area contributed by atoms with Crippen LogP contribution in [0.2, 0.25) is 0 Å². The number of halogens is 3. The molecule has 2 rings (SSSR count). The number of amides is 2. The van der Waals surface area contributed by atoms with E-state index in [1.807, 2.05) is 0 Å². The minimum atomic E-state index is -4.58. The van der Waals surface area contributed by atoms with E-state index in [1.54, 1.807) is 18.2 Å². The largest absolute Gasteiger partial charge is 0.418 e. The third-order valence-electron chi connectivity index (χ3n) is 3.35. The number of ether oxygens (including phenoxy) is 1. The predicted octanol–water partition coefficient (Wildman–Crippen LogP) is 3.05. The van der Waals surface area contributed by atoms with Crippen molar-refractivity contribution in [3.63, 3.8) is 0 Å². The molecule has 1 aliphatic rings. The van der Waals surface area contributed by atoms with Crippen molar-refractivity contribution in [1.82, 2.24) is 9.88 Å². The van der Waals surface area contributed by atoms with E-state index in [1.165, 1.54) is 20.0 Å². The molecule has 8 heteroatoms. The molecule has 1 saturated heterocycles. The highest BCUT2D eigenvalue weighted by Gasteiger charge is 2.58. The molecule has 0 spiro atoms. The first kappa shape index (κ1) is 16.5. The summed E-state index contributed by atoms with van der Waals surface area (Å²) >= 11 is 0. The van der Waals surface area contributed by atoms with Crippen molar-refractivity contribution in [3.8, 4) is 0 Å². The molecule has 1 atom stereocenters. The smallest absolute Gasteiger partial charge is 0.356 e. The Balaban J connectivity index is 2.18. The van der Waals surface area contributed by atoms with Gasteiger partial charge in [-0.25, -0.2) is 9.78 Å². The molecule has 1 N–H and O–H groups in total. The third kappa shape index (κ3) is 3.49. The molecule has 1 aliphatic heterocycles. The highest BCUT2D eigenvalue weighted by Crippen LogP contribution is 2.40. The highest BCUT2D eigenvalue weighted by molar-refractivity contribution is 5.88. The van der Waals surface area contributed by atoms with Crippen molar-refractivity contribution in [3.05, 3.63) is 24.4 Å². The highest BCUT2D eigenvalue weighted by atomic mass is 19.4. The number of pyridine rings is 1. The van der Waals surface area contributed by atoms with E-state index in [4.69, 9.17) is 4.74 Å². The van der Waals surface area contributed by atoms with Gasteiger partial charge in [0, 0.05) is 6.20 Å². The van der Waals surface area contributed by atoms with Crippen LogP contribution in [0.4, 0.5) is 23.8 Å². The molecule has 1 aromatic heterocycles. The number of carbonyl (C=O) groups is 1. The first-order valence-electron chi connectivity index (χ1n) is 6.76. The average molecular weight is 317 g/mol. The summed E-state index contributed by atoms with van der Waals surface area (Å²) in [6, 6.07) is 4.28. The van der Waals surface area contributed by atoms with Crippen LogP contribution < -0.4 is 5.32 Å². The van der Waals surface area contributed by atoms with E-state index < -0.39 is 30.0 Å². The van der Waals surface area contributed by atoms with Crippen molar-refractivity contribution in [2.45, 2.75) is 38.1 Å². The summed E-state index contributed by atoms with van der Waals surface area (Å²) in [7, 11) is 0. The average Bonchev–Trinajstić information content (AvgIpc) is 2.36. The van der Waals surface area contributed by atoms with Crippen LogP contribution in [-0.2, 0) is 4.74 Å². The zero-order chi connectivity index (χ0) is 16.6. The van der Waals surface area contributed by atoms with Crippen LogP contribution in [-0.4, -0.2) is 46.4 Å². The van der Waals surface area contributed by atoms with Crippen LogP contribution >= 0.6 is 0 Å². The van der Waals surface area contributed by atoms with Crippen LogP contribution in [0.5, 0.6) is 0 Å². The fourth-order valence-electron chi connectivity index (χ4n) is 2.47. The van der Waals surface area contributed by atoms with Crippen LogP contribution in [0.25, 0.3) is 0 Å². The lowest BCUT2D eigenvalue weighted by Crippen LogP contribution is -2.65. The monoisotopic (exact) mass is 317 g/mol. The Labute approximate surface area is 126 Å². The fourth-order valence-corrected chi connectivity index (χ4v) is 2.47. The minimum Gasteiger partial charge on any atom is -0.356 e. The lowest BCUT2D eigenvalue weighted by Gasteiger charge is -2.48. The summed E-state index contributed by atoms with van der Waals surface area (Å²) < 4.78 is 44.9. The normalized spacial score (nSPS) is 24.9. The molecule has 0 aliphatic carbocycles. The number of hydrogen-bond acceptors (Lipinski definition) is 3. The molecule has 0 saturated carbocycles. The van der Waals surface area contributed by atoms with Crippen LogP contribution in [0.1, 0.15) is 20.8 Å². The van der Waals surface area contributed by atoms with Gasteiger partial charge < -0.3 is 9.64 Å². The minimum absolute atomic E-state index is 0.0529. The molecule has 1 fully saturated rings. The second-order valence-corrected chi connectivity index (χ2v) is 6.09. The second kappa shape index (κ2) is 5.42. The number of nitrogens with zero attached hydrogens (tertiary/aromatic N) is 2. The predicted molar refractivity (Wildman–Crippen MR) is 74.5 cm³/mol. The van der Waals surface area contributed by atoms with Gasteiger partial charge in [0.25, 0.3) is 0 Å². The molecule has 0 aromatic carbocycles. The Kier molecular flexibility index (Phi) is 4.08. The summed E-state index contributed by atoms with van der Waals surface area (Å²) in [5, 5.41) is 2.49. The number of hydrogen-bond donors (Lipinski definition) is 1. The summed E-state index contributed by atoms with van der Waals surface area (Å²) in [6.07, 6.45) is -3.09. The summed E-state index contributed by atoms with van der Waals surface area (Å²) in [4.78, 5) is 17.2. The second-order valence-electron chi connectivity index (χ2n) is 6.09. The Morgan fingerprint density at radius 2 is 2.00 bits per heavy atom. The summed E-state index contributed by atoms with van der Waals surface area (Å²) in [5.41, 5.74) is -3.51. The number of nitrogens with one attached hydrogen (secondary N) is 1. The number of anilines is 1. The van der Waals surface area contributed by atoms with Crippen LogP contribution in [0.15, 0.2) is 24.4 Å². The SMILES string of the molecule is CC1(C)CN(C(=O)Nc2ccccn2)CC(C)(C(F)(F)F)O1. The Bertz CT molecular complexity index is 548. The van der Waals surface area contributed by atoms with Gasteiger partial charge in [0.2, 0.25) is 0 Å². The zero-order valence-electron chi connectivity index (χ0n) is 12.6. The number of morpholine rings is 1. The number of carbonyl (C=O) groups excluding carboxylic acids is 1. The molecule has 5 nitrogen and oxygen atoms in total. The quantitative estimate of drug-likeness (QED) is 0.866. The van der Waals surface area contributed by atoms with Gasteiger partial charge in [-0.05, 0) is 32.9 Å². The molecular weight excluding hydrogens is 299 g/mol. The number of aromatic nitrogens is 1. The molecule has 22 heavy (non-hydrogen) atoms. The van der Waals surface area contributed by atoms with E-state index in [9.17, 15) is 18.0 Å². The molecular formula is C14H18F3N3O2. The van der Waals surface area contributed by atoms with Gasteiger partial charge in [0.05, 0.1) is 18.7 Å². The van der Waals surface area contributed by atoms with Gasteiger partial charge in [-0.2, -0.15) is 13.2 Å². The van der Waals surface area contributed by atoms with Gasteiger partial charge in [-0.3, -0.25) is 5.32 Å². The van der Waals surface area contributed by atoms with Crippen LogP contribution in [0, 0.1) is 0 Å². The van der Waals surface area contributed by atoms with Gasteiger partial charge in [0.1, 0.15) is 5.82 Å². The molecule has 1 aromatic rings. The van der Waals surface area contributed by atoms with Gasteiger partial charge in [-0.15, -0.1) is 0 Å². The van der Waals surface area contributed by atoms with Crippen LogP contribution in [0.3, 0.4) is 0 Å². The summed E-state index contributed by atoms with van der Waals surface area (Å²) in [5.74, 6) is 0.283. The first-order chi connectivity index (χ1) is 10.0. The molecule has 0 radical (unpaired) electrons. The van der Waals surface area contributed by atoms with Crippen molar-refractivity contribution >= 4 is 11.8 Å². The summed E-state index contributed by atoms with van der Waals surface area (Å²) in [6.45, 7) is 3.49. The number of urea groups is 1. The van der Waals surface area contributed by atoms with Crippen molar-refractivity contribution < 1.29 is 22.7 Å². The van der Waals surface area contributed by atoms with Gasteiger partial charge in [0.15, 0.2) is 5.60 Å². The lowest BCUT2D eigenvalue weighted by molar-refractivity contribution is -0.318. The maximum Gasteiger partial charge on any atom is 0.418 e. The maximum absolute atomic E-state index is 13.2. The molecule has 122 valence electrons. The molecule has 1 unspecified atom stereocenters. The Morgan fingerprint density at radius 1 is 1.32 bits per heavy atom. The van der Waals surface area contributed by atoms with Crippen molar-refractivity contribution in [2.75, 3.05) is 18.4 Å². The van der Waals surface area contributed by atoms with E-state index in [0.29, 0.717) is 0 Å². The topological polar surface area (TPSA) is 54.5 Å². The molecule has 2 amide bonds. The van der Waals surface area contributed by atoms with Gasteiger partial charge >= 0.3 is 12.2 Å².